The van der Waals surface area contributed by atoms with Crippen LogP contribution in [0.5, 0.6) is 0 Å². The van der Waals surface area contributed by atoms with Gasteiger partial charge < -0.3 is 24.4 Å². The molecule has 0 spiro atoms. The Morgan fingerprint density at radius 2 is 1.65 bits per heavy atom. The minimum atomic E-state index is -0.967. The van der Waals surface area contributed by atoms with E-state index >= 15 is 0 Å². The van der Waals surface area contributed by atoms with Crippen LogP contribution in [0.2, 0.25) is 0 Å². The Morgan fingerprint density at radius 3 is 2.33 bits per heavy atom. The van der Waals surface area contributed by atoms with Crippen molar-refractivity contribution in [1.29, 1.82) is 0 Å². The minimum Gasteiger partial charge on any atom is -0.449 e. The molecule has 3 fully saturated rings. The lowest BCUT2D eigenvalue weighted by Crippen LogP contribution is -2.52. The summed E-state index contributed by atoms with van der Waals surface area (Å²) in [5, 5.41) is 10.7. The van der Waals surface area contributed by atoms with Gasteiger partial charge in [-0.1, -0.05) is 76.3 Å². The van der Waals surface area contributed by atoms with Crippen LogP contribution in [-0.2, 0) is 19.1 Å². The first-order chi connectivity index (χ1) is 24.5. The largest absolute Gasteiger partial charge is 0.449 e. The number of ketones is 2. The number of likely N-dealkylation sites (tertiary alicyclic amines) is 1. The van der Waals surface area contributed by atoms with Gasteiger partial charge in [-0.3, -0.25) is 14.5 Å². The number of piperazine rings is 1. The number of allylic oxidation sites excluding steroid dienone is 4. The third-order valence-electron chi connectivity index (χ3n) is 11.3. The summed E-state index contributed by atoms with van der Waals surface area (Å²) in [5.41, 5.74) is 0.675. The van der Waals surface area contributed by atoms with Gasteiger partial charge in [0, 0.05) is 51.1 Å². The van der Waals surface area contributed by atoms with Crippen molar-refractivity contribution in [2.75, 3.05) is 46.0 Å². The van der Waals surface area contributed by atoms with Crippen molar-refractivity contribution in [2.24, 2.45) is 23.7 Å². The Labute approximate surface area is 304 Å². The van der Waals surface area contributed by atoms with Crippen molar-refractivity contribution in [1.82, 2.24) is 14.7 Å². The second-order valence-corrected chi connectivity index (χ2v) is 15.4. The molecule has 0 radical (unpaired) electrons. The van der Waals surface area contributed by atoms with Crippen LogP contribution < -0.4 is 0 Å². The maximum atomic E-state index is 13.6. The number of alkyl halides is 1. The van der Waals surface area contributed by atoms with Gasteiger partial charge in [0.05, 0.1) is 24.7 Å². The molecule has 4 aliphatic rings. The van der Waals surface area contributed by atoms with E-state index in [9.17, 15) is 28.7 Å². The second kappa shape index (κ2) is 20.3. The Balaban J connectivity index is 1.39. The van der Waals surface area contributed by atoms with E-state index in [-0.39, 0.29) is 36.9 Å². The molecule has 286 valence electrons. The standard InChI is InChI=1S/C40H62FN3O7/c1-28(27-50-40(49)44-20-10-15-33(44)26-41)11-9-12-30(3)37-31(4)17-19-36(29(2)16-18-34(45)25-35(46)38(37)47)51-39(48)43-23-21-42(22-24-43)32-13-7-5-6-8-14-32/h9,11-12,17,19,28-29,31-34,36-37,45H,5-8,10,13-16,18,20-27H2,1-4H3/b11-9+,19-17+,30-12+/t28-,29-,31+,33-,34+,36+,37-/m1/s1. The van der Waals surface area contributed by atoms with Gasteiger partial charge >= 0.3 is 12.2 Å². The molecule has 0 unspecified atom stereocenters. The first-order valence-corrected chi connectivity index (χ1v) is 19.5. The van der Waals surface area contributed by atoms with Crippen LogP contribution in [-0.4, -0.2) is 114 Å². The molecule has 2 amide bonds. The van der Waals surface area contributed by atoms with Crippen molar-refractivity contribution < 1.29 is 38.1 Å². The average molecular weight is 716 g/mol. The summed E-state index contributed by atoms with van der Waals surface area (Å²) in [5.74, 6) is -2.56. The Hall–Kier alpha value is -3.05. The van der Waals surface area contributed by atoms with Crippen molar-refractivity contribution in [3.63, 3.8) is 0 Å². The summed E-state index contributed by atoms with van der Waals surface area (Å²) >= 11 is 0. The Bertz CT molecular complexity index is 1250. The molecule has 0 bridgehead atoms. The number of carbonyl (C=O) groups is 4. The molecule has 2 saturated heterocycles. The molecular formula is C40H62FN3O7. The molecule has 2 aliphatic carbocycles. The predicted molar refractivity (Wildman–Crippen MR) is 195 cm³/mol. The number of carbonyl (C=O) groups excluding carboxylic acids is 4. The molecule has 0 aromatic carbocycles. The number of aliphatic hydroxyl groups excluding tert-OH is 1. The van der Waals surface area contributed by atoms with Gasteiger partial charge in [-0.2, -0.15) is 0 Å². The predicted octanol–water partition coefficient (Wildman–Crippen LogP) is 6.67. The highest BCUT2D eigenvalue weighted by atomic mass is 19.1. The number of halogens is 1. The second-order valence-electron chi connectivity index (χ2n) is 15.4. The number of ether oxygens (including phenoxy) is 2. The molecule has 2 aliphatic heterocycles. The summed E-state index contributed by atoms with van der Waals surface area (Å²) in [6, 6.07) is 0.188. The third kappa shape index (κ3) is 12.0. The smallest absolute Gasteiger partial charge is 0.410 e. The van der Waals surface area contributed by atoms with Gasteiger partial charge in [0.25, 0.3) is 0 Å². The average Bonchev–Trinajstić information content (AvgIpc) is 3.44. The number of nitrogens with zero attached hydrogens (tertiary/aromatic N) is 3. The molecule has 11 heteroatoms. The zero-order valence-corrected chi connectivity index (χ0v) is 31.3. The summed E-state index contributed by atoms with van der Waals surface area (Å²) in [6.07, 6.45) is 16.4. The molecular weight excluding hydrogens is 653 g/mol. The minimum absolute atomic E-state index is 0.105. The van der Waals surface area contributed by atoms with Crippen LogP contribution in [0.1, 0.15) is 98.3 Å². The van der Waals surface area contributed by atoms with Gasteiger partial charge in [-0.05, 0) is 63.4 Å². The number of amides is 2. The number of hydrogen-bond donors (Lipinski definition) is 1. The summed E-state index contributed by atoms with van der Waals surface area (Å²) in [7, 11) is 0. The maximum Gasteiger partial charge on any atom is 0.410 e. The zero-order chi connectivity index (χ0) is 36.9. The molecule has 10 nitrogen and oxygen atoms in total. The highest BCUT2D eigenvalue weighted by Crippen LogP contribution is 2.29. The van der Waals surface area contributed by atoms with E-state index in [4.69, 9.17) is 9.47 Å². The maximum absolute atomic E-state index is 13.6. The van der Waals surface area contributed by atoms with Crippen LogP contribution in [0.25, 0.3) is 0 Å². The summed E-state index contributed by atoms with van der Waals surface area (Å²) < 4.78 is 24.7. The van der Waals surface area contributed by atoms with Crippen LogP contribution in [0.4, 0.5) is 14.0 Å². The summed E-state index contributed by atoms with van der Waals surface area (Å²) in [4.78, 5) is 58.3. The zero-order valence-electron chi connectivity index (χ0n) is 31.3. The van der Waals surface area contributed by atoms with E-state index in [1.54, 1.807) is 24.0 Å². The Morgan fingerprint density at radius 1 is 0.941 bits per heavy atom. The van der Waals surface area contributed by atoms with Gasteiger partial charge in [-0.15, -0.1) is 0 Å². The number of Topliss-reactive ketones (excluding diaryl/α,β-unsaturated/α-hetero) is 2. The van der Waals surface area contributed by atoms with Gasteiger partial charge in [0.15, 0.2) is 0 Å². The molecule has 0 aromatic rings. The topological polar surface area (TPSA) is 117 Å². The lowest BCUT2D eigenvalue weighted by Gasteiger charge is -2.39. The fourth-order valence-corrected chi connectivity index (χ4v) is 7.97. The molecule has 1 N–H and O–H groups in total. The first kappa shape index (κ1) is 40.7. The van der Waals surface area contributed by atoms with Gasteiger partial charge in [0.1, 0.15) is 12.8 Å². The third-order valence-corrected chi connectivity index (χ3v) is 11.3. The lowest BCUT2D eigenvalue weighted by molar-refractivity contribution is -0.140. The van der Waals surface area contributed by atoms with Crippen molar-refractivity contribution in [3.05, 3.63) is 36.0 Å². The van der Waals surface area contributed by atoms with E-state index < -0.39 is 48.5 Å². The monoisotopic (exact) mass is 715 g/mol. The lowest BCUT2D eigenvalue weighted by atomic mass is 9.80. The highest BCUT2D eigenvalue weighted by Gasteiger charge is 2.34. The highest BCUT2D eigenvalue weighted by molar-refractivity contribution is 6.38. The van der Waals surface area contributed by atoms with E-state index in [1.807, 2.05) is 39.0 Å². The number of hydrogen-bond acceptors (Lipinski definition) is 8. The van der Waals surface area contributed by atoms with Crippen LogP contribution in [0.3, 0.4) is 0 Å². The van der Waals surface area contributed by atoms with Crippen LogP contribution >= 0.6 is 0 Å². The first-order valence-electron chi connectivity index (χ1n) is 19.5. The van der Waals surface area contributed by atoms with Gasteiger partial charge in [-0.25, -0.2) is 14.0 Å². The molecule has 0 aromatic heterocycles. The summed E-state index contributed by atoms with van der Waals surface area (Å²) in [6.45, 7) is 10.6. The molecule has 4 rings (SSSR count). The van der Waals surface area contributed by atoms with Crippen LogP contribution in [0.15, 0.2) is 36.0 Å². The normalized spacial score (nSPS) is 31.1. The van der Waals surface area contributed by atoms with Crippen molar-refractivity contribution in [3.8, 4) is 0 Å². The van der Waals surface area contributed by atoms with Crippen molar-refractivity contribution >= 4 is 23.8 Å². The molecule has 1 saturated carbocycles. The van der Waals surface area contributed by atoms with Crippen LogP contribution in [0, 0.1) is 23.7 Å². The quantitative estimate of drug-likeness (QED) is 0.128. The fraction of sp³-hybridized carbons (Fsp3) is 0.750. The number of aliphatic hydroxyl groups is 1. The van der Waals surface area contributed by atoms with E-state index in [0.717, 1.165) is 19.5 Å². The molecule has 51 heavy (non-hydrogen) atoms. The molecule has 2 heterocycles. The fourth-order valence-electron chi connectivity index (χ4n) is 7.97. The van der Waals surface area contributed by atoms with E-state index in [0.29, 0.717) is 50.5 Å². The molecule has 7 atom stereocenters. The van der Waals surface area contributed by atoms with E-state index in [1.165, 1.54) is 43.4 Å². The number of rotatable bonds is 8. The Kier molecular flexibility index (Phi) is 16.2. The SMILES string of the molecule is C/C(=C\C=C\[C@@H](C)COC(=O)N1CCC[C@@H]1CF)[C@H]1C(=O)C(=O)C[C@@H](O)CC[C@@H](C)[C@@H](OC(=O)N2CCN(C3CCCCCC3)CC2)/C=C/[C@@H]1C. The van der Waals surface area contributed by atoms with Gasteiger partial charge in [0.2, 0.25) is 11.6 Å². The van der Waals surface area contributed by atoms with Crippen molar-refractivity contribution in [2.45, 2.75) is 123 Å². The van der Waals surface area contributed by atoms with E-state index in [2.05, 4.69) is 4.90 Å².